The van der Waals surface area contributed by atoms with Gasteiger partial charge in [-0.1, -0.05) is 41.9 Å². The Hall–Kier alpha value is -1.13. The minimum atomic E-state index is -0.830. The summed E-state index contributed by atoms with van der Waals surface area (Å²) in [5.74, 6) is -0.359. The highest BCUT2D eigenvalue weighted by molar-refractivity contribution is 6.30. The summed E-state index contributed by atoms with van der Waals surface area (Å²) in [5, 5.41) is 14.5. The number of rotatable bonds is 3. The molecule has 2 aromatic rings. The van der Waals surface area contributed by atoms with E-state index in [1.54, 1.807) is 18.2 Å². The van der Waals surface area contributed by atoms with Crippen molar-refractivity contribution in [2.75, 3.05) is 0 Å². The van der Waals surface area contributed by atoms with Gasteiger partial charge in [0.05, 0.1) is 6.10 Å². The Morgan fingerprint density at radius 2 is 1.77 bits per heavy atom. The average molecular weight is 342 g/mol. The fourth-order valence-corrected chi connectivity index (χ4v) is 3.04. The van der Waals surface area contributed by atoms with Gasteiger partial charge >= 0.3 is 0 Å². The lowest BCUT2D eigenvalue weighted by molar-refractivity contribution is 0.131. The maximum absolute atomic E-state index is 13.8. The molecule has 5 heteroatoms. The third kappa shape index (κ3) is 3.61. The van der Waals surface area contributed by atoms with Gasteiger partial charge < -0.3 is 10.4 Å². The van der Waals surface area contributed by atoms with E-state index in [1.807, 2.05) is 24.3 Å². The molecule has 2 nitrogen and oxygen atoms in total. The zero-order valence-corrected chi connectivity index (χ0v) is 13.4. The van der Waals surface area contributed by atoms with Gasteiger partial charge in [-0.25, -0.2) is 4.39 Å². The smallest absolute Gasteiger partial charge is 0.129 e. The second kappa shape index (κ2) is 7.42. The Labute approximate surface area is 140 Å². The van der Waals surface area contributed by atoms with Crippen LogP contribution < -0.4 is 5.32 Å². The van der Waals surface area contributed by atoms with Crippen LogP contribution in [-0.4, -0.2) is 11.1 Å². The number of nitrogens with one attached hydrogen (secondary N) is 1. The molecule has 0 bridgehead atoms. The van der Waals surface area contributed by atoms with Gasteiger partial charge in [0, 0.05) is 22.7 Å². The normalized spacial score (nSPS) is 22.1. The summed E-state index contributed by atoms with van der Waals surface area (Å²) in [4.78, 5) is 0. The van der Waals surface area contributed by atoms with Crippen molar-refractivity contribution >= 4 is 24.0 Å². The van der Waals surface area contributed by atoms with E-state index in [-0.39, 0.29) is 30.3 Å². The van der Waals surface area contributed by atoms with E-state index < -0.39 is 6.10 Å². The van der Waals surface area contributed by atoms with Crippen LogP contribution in [0.15, 0.2) is 48.5 Å². The molecule has 3 rings (SSSR count). The van der Waals surface area contributed by atoms with E-state index in [0.717, 1.165) is 18.4 Å². The summed E-state index contributed by atoms with van der Waals surface area (Å²) < 4.78 is 13.8. The van der Waals surface area contributed by atoms with Crippen molar-refractivity contribution < 1.29 is 9.50 Å². The summed E-state index contributed by atoms with van der Waals surface area (Å²) in [6.07, 6.45) is 0.893. The van der Waals surface area contributed by atoms with Gasteiger partial charge in [0.2, 0.25) is 0 Å². The van der Waals surface area contributed by atoms with Gasteiger partial charge in [0.1, 0.15) is 5.82 Å². The first-order chi connectivity index (χ1) is 10.1. The van der Waals surface area contributed by atoms with Gasteiger partial charge in [0.25, 0.3) is 0 Å². The zero-order chi connectivity index (χ0) is 14.8. The average Bonchev–Trinajstić information content (AvgIpc) is 2.98. The Morgan fingerprint density at radius 1 is 1.09 bits per heavy atom. The third-order valence-corrected chi connectivity index (χ3v) is 4.31. The number of aliphatic hydroxyl groups is 1. The van der Waals surface area contributed by atoms with Gasteiger partial charge in [0.15, 0.2) is 0 Å². The van der Waals surface area contributed by atoms with Crippen LogP contribution >= 0.6 is 24.0 Å². The molecule has 1 heterocycles. The molecule has 0 aliphatic carbocycles. The Morgan fingerprint density at radius 3 is 2.45 bits per heavy atom. The summed E-state index contributed by atoms with van der Waals surface area (Å²) in [6, 6.07) is 14.1. The predicted molar refractivity (Wildman–Crippen MR) is 89.0 cm³/mol. The molecule has 0 aromatic heterocycles. The van der Waals surface area contributed by atoms with Crippen molar-refractivity contribution in [2.24, 2.45) is 0 Å². The zero-order valence-electron chi connectivity index (χ0n) is 11.9. The van der Waals surface area contributed by atoms with Crippen LogP contribution in [0.4, 0.5) is 4.39 Å². The summed E-state index contributed by atoms with van der Waals surface area (Å²) in [7, 11) is 0. The van der Waals surface area contributed by atoms with E-state index in [2.05, 4.69) is 5.32 Å². The highest BCUT2D eigenvalue weighted by Gasteiger charge is 2.31. The summed E-state index contributed by atoms with van der Waals surface area (Å²) in [6.45, 7) is 0. The molecule has 2 N–H and O–H groups in total. The van der Waals surface area contributed by atoms with Crippen LogP contribution in [0.1, 0.15) is 36.1 Å². The largest absolute Gasteiger partial charge is 0.387 e. The highest BCUT2D eigenvalue weighted by Crippen LogP contribution is 2.33. The van der Waals surface area contributed by atoms with Crippen LogP contribution in [0.25, 0.3) is 0 Å². The van der Waals surface area contributed by atoms with E-state index >= 15 is 0 Å². The second-order valence-electron chi connectivity index (χ2n) is 5.42. The SMILES string of the molecule is Cl.O[C@H](c1ccccc1F)[C@H]1CC[C@H](c2ccc(Cl)cc2)N1. The Balaban J connectivity index is 0.00000176. The van der Waals surface area contributed by atoms with Crippen LogP contribution in [0, 0.1) is 5.82 Å². The van der Waals surface area contributed by atoms with Crippen LogP contribution in [0.3, 0.4) is 0 Å². The van der Waals surface area contributed by atoms with Gasteiger partial charge in [-0.15, -0.1) is 12.4 Å². The Bertz CT molecular complexity index is 620. The number of halogens is 3. The van der Waals surface area contributed by atoms with Crippen LogP contribution in [0.5, 0.6) is 0 Å². The maximum Gasteiger partial charge on any atom is 0.129 e. The molecule has 118 valence electrons. The summed E-state index contributed by atoms with van der Waals surface area (Å²) in [5.41, 5.74) is 1.49. The van der Waals surface area contributed by atoms with Crippen LogP contribution in [-0.2, 0) is 0 Å². The lowest BCUT2D eigenvalue weighted by Gasteiger charge is -2.21. The van der Waals surface area contributed by atoms with Crippen molar-refractivity contribution in [3.8, 4) is 0 Å². The first-order valence-corrected chi connectivity index (χ1v) is 7.47. The molecule has 1 fully saturated rings. The highest BCUT2D eigenvalue weighted by atomic mass is 35.5. The number of hydrogen-bond acceptors (Lipinski definition) is 2. The molecule has 0 amide bonds. The molecular weight excluding hydrogens is 324 g/mol. The molecule has 1 aliphatic heterocycles. The number of hydrogen-bond donors (Lipinski definition) is 2. The minimum Gasteiger partial charge on any atom is -0.387 e. The molecule has 0 unspecified atom stereocenters. The van der Waals surface area contributed by atoms with Gasteiger partial charge in [-0.05, 0) is 36.6 Å². The van der Waals surface area contributed by atoms with Crippen molar-refractivity contribution in [3.63, 3.8) is 0 Å². The number of benzene rings is 2. The fraction of sp³-hybridized carbons (Fsp3) is 0.294. The first kappa shape index (κ1) is 17.2. The Kier molecular flexibility index (Phi) is 5.81. The predicted octanol–water partition coefficient (Wildman–Crippen LogP) is 4.43. The second-order valence-corrected chi connectivity index (χ2v) is 5.86. The summed E-state index contributed by atoms with van der Waals surface area (Å²) >= 11 is 5.89. The topological polar surface area (TPSA) is 32.3 Å². The molecule has 2 aromatic carbocycles. The van der Waals surface area contributed by atoms with E-state index in [1.165, 1.54) is 6.07 Å². The quantitative estimate of drug-likeness (QED) is 0.865. The fourth-order valence-electron chi connectivity index (χ4n) is 2.91. The van der Waals surface area contributed by atoms with Crippen molar-refractivity contribution in [2.45, 2.75) is 31.0 Å². The van der Waals surface area contributed by atoms with Crippen molar-refractivity contribution in [3.05, 3.63) is 70.5 Å². The van der Waals surface area contributed by atoms with E-state index in [4.69, 9.17) is 11.6 Å². The lowest BCUT2D eigenvalue weighted by Crippen LogP contribution is -2.30. The molecular formula is C17H18Cl2FNO. The first-order valence-electron chi connectivity index (χ1n) is 7.09. The van der Waals surface area contributed by atoms with Crippen molar-refractivity contribution in [1.29, 1.82) is 0 Å². The molecule has 0 saturated carbocycles. The minimum absolute atomic E-state index is 0. The van der Waals surface area contributed by atoms with Crippen LogP contribution in [0.2, 0.25) is 5.02 Å². The standard InChI is InChI=1S/C17H17ClFNO.ClH/c18-12-7-5-11(6-8-12)15-9-10-16(20-15)17(21)13-3-1-2-4-14(13)19;/h1-8,15-17,20-21H,9-10H2;1H/t15-,16-,17-;/m1./s1. The molecule has 22 heavy (non-hydrogen) atoms. The molecule has 1 saturated heterocycles. The third-order valence-electron chi connectivity index (χ3n) is 4.06. The molecule has 1 aliphatic rings. The van der Waals surface area contributed by atoms with Crippen molar-refractivity contribution in [1.82, 2.24) is 5.32 Å². The molecule has 3 atom stereocenters. The van der Waals surface area contributed by atoms with E-state index in [9.17, 15) is 9.50 Å². The van der Waals surface area contributed by atoms with E-state index in [0.29, 0.717) is 10.6 Å². The maximum atomic E-state index is 13.8. The number of aliphatic hydroxyl groups excluding tert-OH is 1. The molecule has 0 spiro atoms. The molecule has 0 radical (unpaired) electrons. The van der Waals surface area contributed by atoms with Gasteiger partial charge in [-0.2, -0.15) is 0 Å². The monoisotopic (exact) mass is 341 g/mol. The van der Waals surface area contributed by atoms with Gasteiger partial charge in [-0.3, -0.25) is 0 Å². The lowest BCUT2D eigenvalue weighted by atomic mass is 10.0.